The van der Waals surface area contributed by atoms with Crippen LogP contribution >= 0.6 is 11.8 Å². The number of benzene rings is 1. The van der Waals surface area contributed by atoms with E-state index in [0.29, 0.717) is 10.5 Å². The summed E-state index contributed by atoms with van der Waals surface area (Å²) in [5, 5.41) is 13.3. The summed E-state index contributed by atoms with van der Waals surface area (Å²) in [5.41, 5.74) is 2.17. The minimum Gasteiger partial charge on any atom is -0.508 e. The molecule has 0 aromatic heterocycles. The molecule has 0 atom stereocenters. The predicted octanol–water partition coefficient (Wildman–Crippen LogP) is 3.71. The molecule has 0 aliphatic heterocycles. The Morgan fingerprint density at radius 2 is 1.94 bits per heavy atom. The third-order valence-electron chi connectivity index (χ3n) is 3.72. The zero-order chi connectivity index (χ0) is 13.6. The number of aromatic hydroxyl groups is 1. The Hall–Kier alpha value is -0.670. The second-order valence-electron chi connectivity index (χ2n) is 4.83. The third kappa shape index (κ3) is 3.92. The lowest BCUT2D eigenvalue weighted by atomic mass is 10.0. The standard InChI is InChI=1S/C15H25NOS/c1-5-15(6-2,18-4)11-16-10-13-9-12(3)7-8-14(13)17/h7-9,16-17H,5-6,10-11H2,1-4H3. The van der Waals surface area contributed by atoms with Crippen molar-refractivity contribution in [1.29, 1.82) is 0 Å². The Morgan fingerprint density at radius 1 is 1.28 bits per heavy atom. The van der Waals surface area contributed by atoms with Crippen molar-refractivity contribution in [3.63, 3.8) is 0 Å². The van der Waals surface area contributed by atoms with E-state index in [1.807, 2.05) is 30.8 Å². The van der Waals surface area contributed by atoms with E-state index >= 15 is 0 Å². The maximum atomic E-state index is 9.79. The molecule has 0 saturated heterocycles. The van der Waals surface area contributed by atoms with E-state index in [1.54, 1.807) is 6.07 Å². The monoisotopic (exact) mass is 267 g/mol. The SMILES string of the molecule is CCC(CC)(CNCc1cc(C)ccc1O)SC. The fourth-order valence-corrected chi connectivity index (χ4v) is 2.97. The van der Waals surface area contributed by atoms with Crippen molar-refractivity contribution >= 4 is 11.8 Å². The zero-order valence-electron chi connectivity index (χ0n) is 11.9. The Bertz CT molecular complexity index is 366. The van der Waals surface area contributed by atoms with Crippen LogP contribution in [-0.2, 0) is 6.54 Å². The molecule has 1 rings (SSSR count). The van der Waals surface area contributed by atoms with Crippen LogP contribution in [0.4, 0.5) is 0 Å². The smallest absolute Gasteiger partial charge is 0.120 e. The molecule has 0 radical (unpaired) electrons. The summed E-state index contributed by atoms with van der Waals surface area (Å²) in [6.45, 7) is 8.25. The lowest BCUT2D eigenvalue weighted by Crippen LogP contribution is -2.36. The van der Waals surface area contributed by atoms with Crippen LogP contribution in [0.1, 0.15) is 37.8 Å². The molecule has 2 nitrogen and oxygen atoms in total. The average molecular weight is 267 g/mol. The van der Waals surface area contributed by atoms with Crippen LogP contribution in [-0.4, -0.2) is 22.7 Å². The molecule has 0 amide bonds. The summed E-state index contributed by atoms with van der Waals surface area (Å²) in [6.07, 6.45) is 4.51. The minimum atomic E-state index is 0.319. The van der Waals surface area contributed by atoms with Crippen molar-refractivity contribution in [2.24, 2.45) is 0 Å². The summed E-state index contributed by atoms with van der Waals surface area (Å²) in [7, 11) is 0. The molecular formula is C15H25NOS. The van der Waals surface area contributed by atoms with E-state index in [9.17, 15) is 5.11 Å². The van der Waals surface area contributed by atoms with E-state index in [2.05, 4.69) is 25.4 Å². The van der Waals surface area contributed by atoms with Gasteiger partial charge in [-0.3, -0.25) is 0 Å². The molecule has 0 saturated carbocycles. The van der Waals surface area contributed by atoms with Gasteiger partial charge < -0.3 is 10.4 Å². The summed E-state index contributed by atoms with van der Waals surface area (Å²) < 4.78 is 0.319. The molecule has 0 heterocycles. The highest BCUT2D eigenvalue weighted by Crippen LogP contribution is 2.29. The van der Waals surface area contributed by atoms with Crippen LogP contribution in [0, 0.1) is 6.92 Å². The van der Waals surface area contributed by atoms with Crippen LogP contribution in [0.5, 0.6) is 5.75 Å². The molecule has 0 fully saturated rings. The van der Waals surface area contributed by atoms with E-state index in [1.165, 1.54) is 5.56 Å². The Labute approximate surface area is 115 Å². The van der Waals surface area contributed by atoms with Gasteiger partial charge in [0.25, 0.3) is 0 Å². The van der Waals surface area contributed by atoms with Gasteiger partial charge in [-0.2, -0.15) is 11.8 Å². The first-order chi connectivity index (χ1) is 8.56. The molecule has 0 bridgehead atoms. The number of thioether (sulfide) groups is 1. The van der Waals surface area contributed by atoms with Gasteiger partial charge in [-0.25, -0.2) is 0 Å². The minimum absolute atomic E-state index is 0.319. The zero-order valence-corrected chi connectivity index (χ0v) is 12.7. The molecule has 1 aromatic rings. The molecular weight excluding hydrogens is 242 g/mol. The Balaban J connectivity index is 2.57. The highest BCUT2D eigenvalue weighted by molar-refractivity contribution is 8.00. The molecule has 2 N–H and O–H groups in total. The lowest BCUT2D eigenvalue weighted by molar-refractivity contribution is 0.456. The summed E-state index contributed by atoms with van der Waals surface area (Å²) >= 11 is 1.93. The first-order valence-electron chi connectivity index (χ1n) is 6.61. The van der Waals surface area contributed by atoms with Crippen LogP contribution in [0.3, 0.4) is 0 Å². The highest BCUT2D eigenvalue weighted by Gasteiger charge is 2.24. The highest BCUT2D eigenvalue weighted by atomic mass is 32.2. The van der Waals surface area contributed by atoms with Gasteiger partial charge in [-0.15, -0.1) is 0 Å². The van der Waals surface area contributed by atoms with E-state index in [4.69, 9.17) is 0 Å². The van der Waals surface area contributed by atoms with E-state index in [0.717, 1.165) is 31.5 Å². The van der Waals surface area contributed by atoms with Crippen molar-refractivity contribution in [2.45, 2.75) is 44.9 Å². The number of hydrogen-bond donors (Lipinski definition) is 2. The first-order valence-corrected chi connectivity index (χ1v) is 7.83. The second kappa shape index (κ2) is 7.05. The van der Waals surface area contributed by atoms with Gasteiger partial charge in [0.2, 0.25) is 0 Å². The lowest BCUT2D eigenvalue weighted by Gasteiger charge is -2.30. The van der Waals surface area contributed by atoms with Crippen molar-refractivity contribution in [3.05, 3.63) is 29.3 Å². The summed E-state index contributed by atoms with van der Waals surface area (Å²) in [5.74, 6) is 0.385. The second-order valence-corrected chi connectivity index (χ2v) is 6.10. The van der Waals surface area contributed by atoms with Gasteiger partial charge in [-0.05, 0) is 32.1 Å². The van der Waals surface area contributed by atoms with Gasteiger partial charge in [0.1, 0.15) is 5.75 Å². The number of hydrogen-bond acceptors (Lipinski definition) is 3. The molecule has 102 valence electrons. The van der Waals surface area contributed by atoms with Gasteiger partial charge in [0.05, 0.1) is 0 Å². The number of rotatable bonds is 7. The van der Waals surface area contributed by atoms with Crippen molar-refractivity contribution in [3.8, 4) is 5.75 Å². The number of nitrogens with one attached hydrogen (secondary N) is 1. The normalized spacial score (nSPS) is 11.8. The predicted molar refractivity (Wildman–Crippen MR) is 81.4 cm³/mol. The van der Waals surface area contributed by atoms with Gasteiger partial charge >= 0.3 is 0 Å². The average Bonchev–Trinajstić information content (AvgIpc) is 2.39. The van der Waals surface area contributed by atoms with Crippen molar-refractivity contribution in [2.75, 3.05) is 12.8 Å². The maximum absolute atomic E-state index is 9.79. The van der Waals surface area contributed by atoms with Crippen molar-refractivity contribution in [1.82, 2.24) is 5.32 Å². The van der Waals surface area contributed by atoms with E-state index in [-0.39, 0.29) is 0 Å². The van der Waals surface area contributed by atoms with Gasteiger partial charge in [0, 0.05) is 23.4 Å². The van der Waals surface area contributed by atoms with Gasteiger partial charge in [-0.1, -0.05) is 31.5 Å². The Kier molecular flexibility index (Phi) is 6.03. The number of phenols is 1. The Morgan fingerprint density at radius 3 is 2.50 bits per heavy atom. The van der Waals surface area contributed by atoms with E-state index < -0.39 is 0 Å². The van der Waals surface area contributed by atoms with Crippen LogP contribution in [0.25, 0.3) is 0 Å². The number of phenolic OH excluding ortho intramolecular Hbond substituents is 1. The topological polar surface area (TPSA) is 32.3 Å². The van der Waals surface area contributed by atoms with Gasteiger partial charge in [0.15, 0.2) is 0 Å². The molecule has 0 spiro atoms. The number of aryl methyl sites for hydroxylation is 1. The quantitative estimate of drug-likeness (QED) is 0.790. The first kappa shape index (κ1) is 15.4. The van der Waals surface area contributed by atoms with Crippen LogP contribution in [0.2, 0.25) is 0 Å². The molecule has 0 aliphatic carbocycles. The molecule has 18 heavy (non-hydrogen) atoms. The molecule has 0 aliphatic rings. The molecule has 1 aromatic carbocycles. The van der Waals surface area contributed by atoms with Crippen molar-refractivity contribution < 1.29 is 5.11 Å². The largest absolute Gasteiger partial charge is 0.508 e. The molecule has 0 unspecified atom stereocenters. The summed E-state index contributed by atoms with van der Waals surface area (Å²) in [6, 6.07) is 5.75. The maximum Gasteiger partial charge on any atom is 0.120 e. The summed E-state index contributed by atoms with van der Waals surface area (Å²) in [4.78, 5) is 0. The third-order valence-corrected chi connectivity index (χ3v) is 5.31. The fraction of sp³-hybridized carbons (Fsp3) is 0.600. The molecule has 3 heteroatoms. The fourth-order valence-electron chi connectivity index (χ4n) is 2.14. The van der Waals surface area contributed by atoms with Crippen LogP contribution in [0.15, 0.2) is 18.2 Å². The van der Waals surface area contributed by atoms with Crippen LogP contribution < -0.4 is 5.32 Å².